The Morgan fingerprint density at radius 1 is 0.357 bits per heavy atom. The van der Waals surface area contributed by atoms with Crippen molar-refractivity contribution in [3.05, 3.63) is 95.6 Å². The minimum absolute atomic E-state index is 0.0181. The van der Waals surface area contributed by atoms with Gasteiger partial charge in [-0.3, -0.25) is 67.1 Å². The first kappa shape index (κ1) is 118. The fraction of sp³-hybridized carbons (Fsp3) is 0.676. The zero-order chi connectivity index (χ0) is 103. The highest BCUT2D eigenvalue weighted by atomic mass is 16.7. The second-order valence-electron chi connectivity index (χ2n) is 36.5. The number of Topliss-reactive ketones (excluding diaryl/α,β-unsaturated/α-hetero) is 1. The number of amides is 10. The molecule has 10 amide bonds. The third-order valence-corrected chi connectivity index (χ3v) is 25.6. The average molecular weight is 1970 g/mol. The van der Waals surface area contributed by atoms with Crippen molar-refractivity contribution >= 4 is 88.7 Å². The van der Waals surface area contributed by atoms with Crippen LogP contribution < -0.4 is 52.0 Å². The van der Waals surface area contributed by atoms with Crippen LogP contribution in [0.4, 0.5) is 0 Å². The first-order valence-corrected chi connectivity index (χ1v) is 49.5. The molecule has 38 nitrogen and oxygen atoms in total. The van der Waals surface area contributed by atoms with E-state index < -0.39 is 103 Å². The van der Waals surface area contributed by atoms with E-state index >= 15 is 4.79 Å². The molecule has 16 atom stereocenters. The van der Waals surface area contributed by atoms with Crippen molar-refractivity contribution in [1.29, 1.82) is 0 Å². The SMILES string of the molecule is COc1ccc(C(OCC(OC(=O)CCC(C)=O)C(=O)N(CCCCN(CCCNC(=O)CCCNC(=O)CCCCOC2OC(COC(C)=O)C(C)C(C)C2NC(C)=O)C(=O)CCCNC(=O)CCCCOC2OC(COC(C)=O)C(C)C(C)C2NC(C)=O)CCCNC(=O)CCCNC(=O)CCCCOC2OC(COC(C)=O)C(C)C(C)C2NC(C)=O)(c2ccccc2)c2ccc(OC)cc2)cc1. The summed E-state index contributed by atoms with van der Waals surface area (Å²) in [6, 6.07) is 22.4. The molecule has 140 heavy (non-hydrogen) atoms. The molecule has 3 saturated heterocycles. The lowest BCUT2D eigenvalue weighted by atomic mass is 9.80. The maximum Gasteiger partial charge on any atom is 0.307 e. The van der Waals surface area contributed by atoms with Crippen molar-refractivity contribution < 1.29 is 133 Å². The van der Waals surface area contributed by atoms with Crippen LogP contribution in [0, 0.1) is 35.5 Å². The third-order valence-electron chi connectivity index (χ3n) is 25.6. The number of ketones is 1. The maximum absolute atomic E-state index is 15.7. The quantitative estimate of drug-likeness (QED) is 0.0114. The van der Waals surface area contributed by atoms with Gasteiger partial charge in [0, 0.05) is 165 Å². The molecule has 16 unspecified atom stereocenters. The number of methoxy groups -OCH3 is 2. The number of hydrogen-bond donors (Lipinski definition) is 8. The van der Waals surface area contributed by atoms with Gasteiger partial charge in [0.25, 0.3) is 5.91 Å². The van der Waals surface area contributed by atoms with Gasteiger partial charge in [-0.05, 0) is 167 Å². The van der Waals surface area contributed by atoms with E-state index in [9.17, 15) is 67.1 Å². The summed E-state index contributed by atoms with van der Waals surface area (Å²) >= 11 is 0. The molecule has 3 aliphatic heterocycles. The molecular formula is C102H156N10O28. The molecule has 3 heterocycles. The summed E-state index contributed by atoms with van der Waals surface area (Å²) in [7, 11) is 3.09. The Hall–Kier alpha value is -10.8. The van der Waals surface area contributed by atoms with Crippen LogP contribution in [0.2, 0.25) is 0 Å². The summed E-state index contributed by atoms with van der Waals surface area (Å²) in [6.07, 6.45) is -0.340. The summed E-state index contributed by atoms with van der Waals surface area (Å²) in [5.41, 5.74) is 0.382. The maximum atomic E-state index is 15.7. The number of carbonyl (C=O) groups excluding carboxylic acids is 15. The van der Waals surface area contributed by atoms with E-state index in [-0.39, 0.29) is 264 Å². The number of nitrogens with zero attached hydrogens (tertiary/aromatic N) is 2. The molecule has 3 fully saturated rings. The Kier molecular flexibility index (Phi) is 53.8. The van der Waals surface area contributed by atoms with E-state index in [0.717, 1.165) is 0 Å². The fourth-order valence-electron chi connectivity index (χ4n) is 17.0. The van der Waals surface area contributed by atoms with E-state index in [4.69, 9.17) is 61.6 Å². The van der Waals surface area contributed by atoms with Crippen LogP contribution in [0.15, 0.2) is 78.9 Å². The number of hydrogen-bond acceptors (Lipinski definition) is 28. The number of esters is 4. The highest BCUT2D eigenvalue weighted by Crippen LogP contribution is 2.43. The van der Waals surface area contributed by atoms with Gasteiger partial charge in [0.2, 0.25) is 59.3 Å². The second kappa shape index (κ2) is 63.9. The van der Waals surface area contributed by atoms with E-state index in [0.29, 0.717) is 92.4 Å². The number of nitrogens with one attached hydrogen (secondary N) is 8. The van der Waals surface area contributed by atoms with Crippen LogP contribution >= 0.6 is 0 Å². The molecule has 38 heteroatoms. The average Bonchev–Trinajstić information content (AvgIpc) is 0.748. The Bertz CT molecular complexity index is 4310. The Balaban J connectivity index is 1.13. The van der Waals surface area contributed by atoms with Crippen molar-refractivity contribution in [3.63, 3.8) is 0 Å². The molecule has 0 spiro atoms. The number of carbonyl (C=O) groups is 15. The molecule has 3 aromatic rings. The number of unbranched alkanes of at least 4 members (excludes halogenated alkanes) is 4. The van der Waals surface area contributed by atoms with Crippen LogP contribution in [-0.4, -0.2) is 279 Å². The summed E-state index contributed by atoms with van der Waals surface area (Å²) in [5, 5.41) is 23.3. The monoisotopic (exact) mass is 1970 g/mol. The number of benzene rings is 3. The van der Waals surface area contributed by atoms with Gasteiger partial charge in [-0.25, -0.2) is 0 Å². The van der Waals surface area contributed by atoms with E-state index in [1.165, 1.54) is 53.4 Å². The normalized spacial score (nSPS) is 21.2. The predicted molar refractivity (Wildman–Crippen MR) is 516 cm³/mol. The standard InChI is InChI=1S/C102H156N10O28/c1-66(113)40-49-94(126)137-87(65-136-102(79-32-17-16-18-33-79,80-41-45-82(128-14)46-42-80)81-43-47-83(129-15)48-44-81)98(127)112(58-31-54-107-92(124)38-28-51-104-89(121)35-20-25-60-131-100-96(109-74(9)115)71(6)68(3)85(139-100)63-134-77(12)118)56-23-22-55-111(93(125)39-29-52-105-90(122)36-21-26-61-132-101-97(110-75(10)116)72(7)69(4)86(140-101)64-135-78(13)119)57-30-53-106-91(123)37-27-50-103-88(120)34-19-24-59-130-99-95(108-73(8)114)70(5)67(2)84(138-99)62-133-76(11)117/h16-18,32-33,41-48,67-72,84-87,95-97,99-101H,19-31,34-40,49-65H2,1-15H3,(H,103,120)(H,104,121)(H,105,122)(H,106,123)(H,107,124)(H,108,114)(H,109,115)(H,110,116). The highest BCUT2D eigenvalue weighted by molar-refractivity contribution is 5.86. The van der Waals surface area contributed by atoms with E-state index in [1.54, 1.807) is 43.4 Å². The summed E-state index contributed by atoms with van der Waals surface area (Å²) < 4.78 is 77.3. The van der Waals surface area contributed by atoms with Crippen LogP contribution in [0.1, 0.15) is 242 Å². The van der Waals surface area contributed by atoms with E-state index in [2.05, 4.69) is 42.5 Å². The van der Waals surface area contributed by atoms with Crippen molar-refractivity contribution in [2.24, 2.45) is 35.5 Å². The van der Waals surface area contributed by atoms with Gasteiger partial charge in [0.1, 0.15) is 42.7 Å². The summed E-state index contributed by atoms with van der Waals surface area (Å²) in [5.74, 6) is -4.69. The zero-order valence-electron chi connectivity index (χ0n) is 84.7. The second-order valence-corrected chi connectivity index (χ2v) is 36.5. The highest BCUT2D eigenvalue weighted by Gasteiger charge is 2.47. The molecule has 0 radical (unpaired) electrons. The van der Waals surface area contributed by atoms with Gasteiger partial charge in [-0.1, -0.05) is 96.1 Å². The molecule has 0 saturated carbocycles. The van der Waals surface area contributed by atoms with Crippen LogP contribution in [-0.2, 0) is 130 Å². The zero-order valence-corrected chi connectivity index (χ0v) is 84.7. The Morgan fingerprint density at radius 2 is 0.679 bits per heavy atom. The minimum atomic E-state index is -1.63. The fourth-order valence-corrected chi connectivity index (χ4v) is 17.0. The predicted octanol–water partition coefficient (Wildman–Crippen LogP) is 8.19. The van der Waals surface area contributed by atoms with Crippen LogP contribution in [0.25, 0.3) is 0 Å². The number of rotatable bonds is 65. The van der Waals surface area contributed by atoms with E-state index in [1.807, 2.05) is 96.1 Å². The summed E-state index contributed by atoms with van der Waals surface area (Å²) in [6.45, 7) is 22.9. The molecule has 6 rings (SSSR count). The molecular weight excluding hydrogens is 1810 g/mol. The largest absolute Gasteiger partial charge is 0.497 e. The molecule has 3 aromatic carbocycles. The Morgan fingerprint density at radius 3 is 1.02 bits per heavy atom. The van der Waals surface area contributed by atoms with Crippen molar-refractivity contribution in [1.82, 2.24) is 52.3 Å². The molecule has 0 aromatic heterocycles. The van der Waals surface area contributed by atoms with Crippen LogP contribution in [0.3, 0.4) is 0 Å². The van der Waals surface area contributed by atoms with Gasteiger partial charge in [-0.15, -0.1) is 0 Å². The third kappa shape index (κ3) is 42.2. The van der Waals surface area contributed by atoms with Crippen molar-refractivity contribution in [2.75, 3.05) is 119 Å². The van der Waals surface area contributed by atoms with Crippen molar-refractivity contribution in [2.45, 2.75) is 292 Å². The first-order chi connectivity index (χ1) is 66.9. The van der Waals surface area contributed by atoms with Gasteiger partial charge in [0.05, 0.1) is 63.7 Å². The molecule has 3 aliphatic rings. The Labute approximate surface area is 824 Å². The first-order valence-electron chi connectivity index (χ1n) is 49.5. The van der Waals surface area contributed by atoms with Gasteiger partial charge >= 0.3 is 23.9 Å². The van der Waals surface area contributed by atoms with Crippen LogP contribution in [0.5, 0.6) is 11.5 Å². The smallest absolute Gasteiger partial charge is 0.307 e. The lowest BCUT2D eigenvalue weighted by molar-refractivity contribution is -0.244. The van der Waals surface area contributed by atoms with Gasteiger partial charge in [0.15, 0.2) is 18.9 Å². The summed E-state index contributed by atoms with van der Waals surface area (Å²) in [4.78, 5) is 198. The molecule has 0 aliphatic carbocycles. The van der Waals surface area contributed by atoms with Gasteiger partial charge in [-0.2, -0.15) is 0 Å². The lowest BCUT2D eigenvalue weighted by Gasteiger charge is -2.44. The topological polar surface area (TPSA) is 479 Å². The van der Waals surface area contributed by atoms with Gasteiger partial charge < -0.3 is 119 Å². The molecule has 0 bridgehead atoms. The lowest BCUT2D eigenvalue weighted by Crippen LogP contribution is -2.58. The molecule has 782 valence electrons. The van der Waals surface area contributed by atoms with Crippen molar-refractivity contribution in [3.8, 4) is 11.5 Å². The molecule has 8 N–H and O–H groups in total. The minimum Gasteiger partial charge on any atom is -0.497 e. The number of ether oxygens (including phenoxy) is 13.